The Balaban J connectivity index is 1.79. The van der Waals surface area contributed by atoms with Crippen LogP contribution in [-0.2, 0) is 0 Å². The normalized spacial score (nSPS) is 27.7. The third-order valence-corrected chi connectivity index (χ3v) is 3.53. The van der Waals surface area contributed by atoms with Crippen LogP contribution >= 0.6 is 0 Å². The summed E-state index contributed by atoms with van der Waals surface area (Å²) in [5.74, 6) is 1.85. The number of nitrogens with zero attached hydrogens (tertiary/aromatic N) is 1. The first-order chi connectivity index (χ1) is 7.24. The second-order valence-electron chi connectivity index (χ2n) is 4.84. The number of likely N-dealkylation sites (tertiary alicyclic amines) is 1. The van der Waals surface area contributed by atoms with Gasteiger partial charge in [-0.15, -0.1) is 0 Å². The van der Waals surface area contributed by atoms with E-state index in [1.807, 2.05) is 36.1 Å². The number of rotatable bonds is 1. The Morgan fingerprint density at radius 3 is 2.73 bits per heavy atom. The maximum Gasteiger partial charge on any atom is 0.253 e. The Kier molecular flexibility index (Phi) is 1.84. The summed E-state index contributed by atoms with van der Waals surface area (Å²) >= 11 is 0. The summed E-state index contributed by atoms with van der Waals surface area (Å²) in [6, 6.07) is 7.88. The first-order valence-corrected chi connectivity index (χ1v) is 5.60. The molecule has 1 heterocycles. The van der Waals surface area contributed by atoms with Crippen LogP contribution in [0.1, 0.15) is 22.3 Å². The van der Waals surface area contributed by atoms with Crippen LogP contribution in [0.5, 0.6) is 0 Å². The lowest BCUT2D eigenvalue weighted by atomic mass is 10.1. The van der Waals surface area contributed by atoms with E-state index < -0.39 is 0 Å². The maximum atomic E-state index is 12.1. The van der Waals surface area contributed by atoms with Crippen LogP contribution in [0.3, 0.4) is 0 Å². The van der Waals surface area contributed by atoms with E-state index in [2.05, 4.69) is 0 Å². The summed E-state index contributed by atoms with van der Waals surface area (Å²) in [5, 5.41) is 0. The molecule has 2 heteroatoms. The van der Waals surface area contributed by atoms with Crippen molar-refractivity contribution in [3.63, 3.8) is 0 Å². The molecule has 0 bridgehead atoms. The zero-order valence-electron chi connectivity index (χ0n) is 8.94. The molecule has 3 rings (SSSR count). The van der Waals surface area contributed by atoms with Crippen molar-refractivity contribution in [3.8, 4) is 0 Å². The molecule has 1 aromatic rings. The number of carbonyl (C=O) groups is 1. The van der Waals surface area contributed by atoms with Crippen molar-refractivity contribution in [2.24, 2.45) is 11.8 Å². The highest BCUT2D eigenvalue weighted by Gasteiger charge is 2.46. The number of carbonyl (C=O) groups excluding carboxylic acids is 1. The molecule has 2 aliphatic rings. The van der Waals surface area contributed by atoms with Crippen molar-refractivity contribution >= 4 is 5.91 Å². The molecule has 0 N–H and O–H groups in total. The molecule has 1 amide bonds. The monoisotopic (exact) mass is 201 g/mol. The van der Waals surface area contributed by atoms with E-state index in [-0.39, 0.29) is 5.91 Å². The van der Waals surface area contributed by atoms with Crippen molar-refractivity contribution in [1.82, 2.24) is 4.90 Å². The minimum Gasteiger partial charge on any atom is -0.338 e. The molecule has 0 spiro atoms. The fourth-order valence-electron chi connectivity index (χ4n) is 2.52. The number of amides is 1. The topological polar surface area (TPSA) is 20.3 Å². The van der Waals surface area contributed by atoms with Gasteiger partial charge in [-0.1, -0.05) is 17.7 Å². The van der Waals surface area contributed by atoms with E-state index in [4.69, 9.17) is 0 Å². The lowest BCUT2D eigenvalue weighted by Crippen LogP contribution is -2.30. The molecule has 2 atom stereocenters. The number of aryl methyl sites for hydroxylation is 1. The highest BCUT2D eigenvalue weighted by molar-refractivity contribution is 5.94. The van der Waals surface area contributed by atoms with Gasteiger partial charge in [0.25, 0.3) is 5.91 Å². The Hall–Kier alpha value is -1.31. The molecule has 15 heavy (non-hydrogen) atoms. The number of fused-ring (bicyclic) bond motifs is 1. The summed E-state index contributed by atoms with van der Waals surface area (Å²) in [6.45, 7) is 3.99. The number of piperidine rings is 1. The summed E-state index contributed by atoms with van der Waals surface area (Å²) < 4.78 is 0. The molecule has 2 unspecified atom stereocenters. The van der Waals surface area contributed by atoms with Gasteiger partial charge >= 0.3 is 0 Å². The van der Waals surface area contributed by atoms with Gasteiger partial charge in [0, 0.05) is 18.7 Å². The number of hydrogen-bond donors (Lipinski definition) is 0. The van der Waals surface area contributed by atoms with Crippen molar-refractivity contribution in [3.05, 3.63) is 35.4 Å². The van der Waals surface area contributed by atoms with Crippen LogP contribution in [0.2, 0.25) is 0 Å². The zero-order chi connectivity index (χ0) is 10.4. The summed E-state index contributed by atoms with van der Waals surface area (Å²) in [7, 11) is 0. The Morgan fingerprint density at radius 1 is 1.33 bits per heavy atom. The molecule has 1 saturated carbocycles. The molecular weight excluding hydrogens is 186 g/mol. The minimum absolute atomic E-state index is 0.214. The summed E-state index contributed by atoms with van der Waals surface area (Å²) in [4.78, 5) is 14.1. The fourth-order valence-corrected chi connectivity index (χ4v) is 2.52. The van der Waals surface area contributed by atoms with Crippen molar-refractivity contribution in [1.29, 1.82) is 0 Å². The molecule has 1 aliphatic carbocycles. The van der Waals surface area contributed by atoms with E-state index in [9.17, 15) is 4.79 Å². The first kappa shape index (κ1) is 8.96. The van der Waals surface area contributed by atoms with Gasteiger partial charge in [0.05, 0.1) is 0 Å². The maximum absolute atomic E-state index is 12.1. The highest BCUT2D eigenvalue weighted by Crippen LogP contribution is 2.45. The fraction of sp³-hybridized carbons (Fsp3) is 0.462. The van der Waals surface area contributed by atoms with Gasteiger partial charge in [-0.25, -0.2) is 0 Å². The average Bonchev–Trinajstić information content (AvgIpc) is 2.85. The van der Waals surface area contributed by atoms with Gasteiger partial charge in [0.2, 0.25) is 0 Å². The Labute approximate surface area is 89.9 Å². The Morgan fingerprint density at radius 2 is 2.07 bits per heavy atom. The van der Waals surface area contributed by atoms with Gasteiger partial charge in [0.15, 0.2) is 0 Å². The SMILES string of the molecule is Cc1cccc(C(=O)N2CC3CC3C2)c1. The second kappa shape index (κ2) is 3.09. The van der Waals surface area contributed by atoms with Gasteiger partial charge in [-0.05, 0) is 37.3 Å². The predicted octanol–water partition coefficient (Wildman–Crippen LogP) is 2.09. The van der Waals surface area contributed by atoms with E-state index in [1.54, 1.807) is 0 Å². The van der Waals surface area contributed by atoms with E-state index in [1.165, 1.54) is 6.42 Å². The van der Waals surface area contributed by atoms with Crippen molar-refractivity contribution in [2.75, 3.05) is 13.1 Å². The van der Waals surface area contributed by atoms with Gasteiger partial charge in [-0.2, -0.15) is 0 Å². The molecule has 0 radical (unpaired) electrons. The molecule has 1 aromatic carbocycles. The van der Waals surface area contributed by atoms with Crippen molar-refractivity contribution < 1.29 is 4.79 Å². The molecule has 78 valence electrons. The molecule has 2 nitrogen and oxygen atoms in total. The third kappa shape index (κ3) is 1.54. The zero-order valence-corrected chi connectivity index (χ0v) is 8.94. The predicted molar refractivity (Wildman–Crippen MR) is 58.7 cm³/mol. The van der Waals surface area contributed by atoms with Crippen LogP contribution in [0.4, 0.5) is 0 Å². The molecular formula is C13H15NO. The average molecular weight is 201 g/mol. The highest BCUT2D eigenvalue weighted by atomic mass is 16.2. The quantitative estimate of drug-likeness (QED) is 0.681. The van der Waals surface area contributed by atoms with Gasteiger partial charge in [0.1, 0.15) is 0 Å². The second-order valence-corrected chi connectivity index (χ2v) is 4.84. The molecule has 0 aromatic heterocycles. The van der Waals surface area contributed by atoms with Crippen molar-refractivity contribution in [2.45, 2.75) is 13.3 Å². The van der Waals surface area contributed by atoms with E-state index in [0.717, 1.165) is 36.1 Å². The third-order valence-electron chi connectivity index (χ3n) is 3.53. The van der Waals surface area contributed by atoms with Crippen LogP contribution in [0, 0.1) is 18.8 Å². The molecule has 1 saturated heterocycles. The lowest BCUT2D eigenvalue weighted by molar-refractivity contribution is 0.0775. The molecule has 1 aliphatic heterocycles. The summed E-state index contributed by atoms with van der Waals surface area (Å²) in [5.41, 5.74) is 2.00. The Bertz CT molecular complexity index is 403. The number of benzene rings is 1. The number of hydrogen-bond acceptors (Lipinski definition) is 1. The van der Waals surface area contributed by atoms with Crippen LogP contribution in [0.15, 0.2) is 24.3 Å². The smallest absolute Gasteiger partial charge is 0.253 e. The van der Waals surface area contributed by atoms with E-state index in [0.29, 0.717) is 0 Å². The van der Waals surface area contributed by atoms with Crippen LogP contribution in [0.25, 0.3) is 0 Å². The lowest BCUT2D eigenvalue weighted by Gasteiger charge is -2.17. The van der Waals surface area contributed by atoms with Crippen LogP contribution in [-0.4, -0.2) is 23.9 Å². The molecule has 2 fully saturated rings. The van der Waals surface area contributed by atoms with Crippen LogP contribution < -0.4 is 0 Å². The standard InChI is InChI=1S/C13H15NO/c1-9-3-2-4-10(5-9)13(15)14-7-11-6-12(11)8-14/h2-5,11-12H,6-8H2,1H3. The summed E-state index contributed by atoms with van der Waals surface area (Å²) in [6.07, 6.45) is 1.34. The van der Waals surface area contributed by atoms with E-state index >= 15 is 0 Å². The first-order valence-electron chi connectivity index (χ1n) is 5.60. The minimum atomic E-state index is 0.214. The largest absolute Gasteiger partial charge is 0.338 e. The van der Waals surface area contributed by atoms with Gasteiger partial charge < -0.3 is 4.90 Å². The van der Waals surface area contributed by atoms with Gasteiger partial charge in [-0.3, -0.25) is 4.79 Å².